The van der Waals surface area contributed by atoms with Gasteiger partial charge in [0, 0.05) is 23.6 Å². The van der Waals surface area contributed by atoms with Gasteiger partial charge in [-0.25, -0.2) is 4.98 Å². The fourth-order valence-electron chi connectivity index (χ4n) is 2.68. The molecule has 0 bridgehead atoms. The second-order valence-electron chi connectivity index (χ2n) is 4.76. The van der Waals surface area contributed by atoms with Gasteiger partial charge in [-0.1, -0.05) is 30.4 Å². The zero-order valence-corrected chi connectivity index (χ0v) is 11.6. The van der Waals surface area contributed by atoms with Crippen LogP contribution in [0.4, 0.5) is 0 Å². The topological polar surface area (TPSA) is 27.1 Å². The quantitative estimate of drug-likeness (QED) is 0.636. The lowest BCUT2D eigenvalue weighted by Crippen LogP contribution is -2.04. The van der Waals surface area contributed by atoms with Crippen molar-refractivity contribution in [2.75, 3.05) is 6.61 Å². The Kier molecular flexibility index (Phi) is 2.57. The molecule has 1 aliphatic heterocycles. The molecule has 3 heterocycles. The van der Waals surface area contributed by atoms with E-state index in [-0.39, 0.29) is 0 Å². The van der Waals surface area contributed by atoms with Gasteiger partial charge in [0.25, 0.3) is 0 Å². The molecule has 0 amide bonds. The maximum Gasteiger partial charge on any atom is 0.204 e. The van der Waals surface area contributed by atoms with Crippen LogP contribution >= 0.6 is 12.2 Å². The van der Waals surface area contributed by atoms with Gasteiger partial charge < -0.3 is 4.74 Å². The molecule has 1 aromatic carbocycles. The average Bonchev–Trinajstić information content (AvgIpc) is 2.98. The molecule has 0 radical (unpaired) electrons. The molecule has 2 aromatic heterocycles. The molecule has 0 fully saturated rings. The standard InChI is InChI=1S/C16H12N2OS/c20-14-12-7-4-9-17-15(12)18(11-5-2-1-3-6-11)16-13(14)8-10-19-16/h1-7,9H,8,10H2. The van der Waals surface area contributed by atoms with Crippen molar-refractivity contribution in [3.05, 3.63) is 58.7 Å². The normalized spacial score (nSPS) is 13.2. The third-order valence-corrected chi connectivity index (χ3v) is 4.05. The summed E-state index contributed by atoms with van der Waals surface area (Å²) in [4.78, 5) is 4.51. The highest BCUT2D eigenvalue weighted by Crippen LogP contribution is 2.34. The molecular weight excluding hydrogens is 268 g/mol. The first kappa shape index (κ1) is 11.6. The van der Waals surface area contributed by atoms with Crippen LogP contribution in [-0.4, -0.2) is 16.2 Å². The molecule has 0 aliphatic carbocycles. The van der Waals surface area contributed by atoms with Crippen LogP contribution in [0.5, 0.6) is 5.88 Å². The molecule has 3 nitrogen and oxygen atoms in total. The van der Waals surface area contributed by atoms with Crippen LogP contribution in [0.15, 0.2) is 48.7 Å². The molecule has 3 aromatic rings. The maximum absolute atomic E-state index is 5.83. The summed E-state index contributed by atoms with van der Waals surface area (Å²) in [6.45, 7) is 0.683. The average molecular weight is 280 g/mol. The number of nitrogens with zero attached hydrogens (tertiary/aromatic N) is 2. The number of hydrogen-bond acceptors (Lipinski definition) is 3. The lowest BCUT2D eigenvalue weighted by atomic mass is 10.1. The molecule has 0 N–H and O–H groups in total. The van der Waals surface area contributed by atoms with Crippen molar-refractivity contribution >= 4 is 23.3 Å². The van der Waals surface area contributed by atoms with Crippen LogP contribution in [0, 0.1) is 4.51 Å². The Morgan fingerprint density at radius 2 is 1.95 bits per heavy atom. The van der Waals surface area contributed by atoms with E-state index in [9.17, 15) is 0 Å². The summed E-state index contributed by atoms with van der Waals surface area (Å²) >= 11 is 5.60. The van der Waals surface area contributed by atoms with Gasteiger partial charge in [0.15, 0.2) is 0 Å². The third kappa shape index (κ3) is 1.58. The van der Waals surface area contributed by atoms with E-state index in [4.69, 9.17) is 17.0 Å². The highest BCUT2D eigenvalue weighted by Gasteiger charge is 2.22. The minimum Gasteiger partial charge on any atom is -0.478 e. The Hall–Kier alpha value is -2.20. The molecule has 98 valence electrons. The van der Waals surface area contributed by atoms with Crippen LogP contribution in [0.1, 0.15) is 5.56 Å². The van der Waals surface area contributed by atoms with Gasteiger partial charge in [-0.2, -0.15) is 0 Å². The van der Waals surface area contributed by atoms with Crippen LogP contribution in [0.3, 0.4) is 0 Å². The molecule has 20 heavy (non-hydrogen) atoms. The zero-order chi connectivity index (χ0) is 13.5. The monoisotopic (exact) mass is 280 g/mol. The Bertz CT molecular complexity index is 855. The van der Waals surface area contributed by atoms with Gasteiger partial charge in [0.1, 0.15) is 5.65 Å². The predicted molar refractivity (Wildman–Crippen MR) is 81.1 cm³/mol. The zero-order valence-electron chi connectivity index (χ0n) is 10.7. The molecular formula is C16H12N2OS. The number of rotatable bonds is 1. The summed E-state index contributed by atoms with van der Waals surface area (Å²) in [7, 11) is 0. The predicted octanol–water partition coefficient (Wildman–Crippen LogP) is 3.69. The lowest BCUT2D eigenvalue weighted by molar-refractivity contribution is 0.338. The van der Waals surface area contributed by atoms with Crippen molar-refractivity contribution in [2.24, 2.45) is 0 Å². The van der Waals surface area contributed by atoms with Crippen molar-refractivity contribution in [3.8, 4) is 11.6 Å². The van der Waals surface area contributed by atoms with Crippen LogP contribution < -0.4 is 4.74 Å². The van der Waals surface area contributed by atoms with E-state index < -0.39 is 0 Å². The van der Waals surface area contributed by atoms with Crippen molar-refractivity contribution < 1.29 is 4.74 Å². The molecule has 0 saturated carbocycles. The van der Waals surface area contributed by atoms with E-state index in [2.05, 4.69) is 21.7 Å². The van der Waals surface area contributed by atoms with E-state index in [0.717, 1.165) is 39.1 Å². The first-order chi connectivity index (χ1) is 9.86. The minimum atomic E-state index is 0.683. The lowest BCUT2D eigenvalue weighted by Gasteiger charge is -2.15. The van der Waals surface area contributed by atoms with Gasteiger partial charge in [-0.3, -0.25) is 4.57 Å². The highest BCUT2D eigenvalue weighted by atomic mass is 32.1. The Morgan fingerprint density at radius 3 is 2.80 bits per heavy atom. The second kappa shape index (κ2) is 4.42. The molecule has 4 rings (SSSR count). The van der Waals surface area contributed by atoms with E-state index in [0.29, 0.717) is 6.61 Å². The van der Waals surface area contributed by atoms with Crippen molar-refractivity contribution in [2.45, 2.75) is 6.42 Å². The maximum atomic E-state index is 5.83. The number of ether oxygens (including phenoxy) is 1. The Labute approximate surface area is 121 Å². The SMILES string of the molecule is S=c1c2c(n(-c3ccccc3)c3ncccc13)OCC2. The van der Waals surface area contributed by atoms with Crippen LogP contribution in [0.25, 0.3) is 16.7 Å². The molecule has 0 unspecified atom stereocenters. The van der Waals surface area contributed by atoms with Gasteiger partial charge in [0.2, 0.25) is 5.88 Å². The summed E-state index contributed by atoms with van der Waals surface area (Å²) in [5.41, 5.74) is 3.01. The number of aromatic nitrogens is 2. The van der Waals surface area contributed by atoms with Crippen molar-refractivity contribution in [1.82, 2.24) is 9.55 Å². The molecule has 4 heteroatoms. The van der Waals surface area contributed by atoms with E-state index >= 15 is 0 Å². The number of fused-ring (bicyclic) bond motifs is 2. The van der Waals surface area contributed by atoms with Gasteiger partial charge in [-0.15, -0.1) is 0 Å². The summed E-state index contributed by atoms with van der Waals surface area (Å²) in [5, 5.41) is 1.01. The second-order valence-corrected chi connectivity index (χ2v) is 5.17. The van der Waals surface area contributed by atoms with E-state index in [1.54, 1.807) is 6.20 Å². The highest BCUT2D eigenvalue weighted by molar-refractivity contribution is 7.71. The van der Waals surface area contributed by atoms with Crippen LogP contribution in [0.2, 0.25) is 0 Å². The number of benzene rings is 1. The molecule has 0 spiro atoms. The fraction of sp³-hybridized carbons (Fsp3) is 0.125. The smallest absolute Gasteiger partial charge is 0.204 e. The Morgan fingerprint density at radius 1 is 1.10 bits per heavy atom. The van der Waals surface area contributed by atoms with Gasteiger partial charge >= 0.3 is 0 Å². The van der Waals surface area contributed by atoms with Crippen molar-refractivity contribution in [1.29, 1.82) is 0 Å². The van der Waals surface area contributed by atoms with Crippen molar-refractivity contribution in [3.63, 3.8) is 0 Å². The summed E-state index contributed by atoms with van der Waals surface area (Å²) < 4.78 is 8.76. The number of hydrogen-bond donors (Lipinski definition) is 0. The number of pyridine rings is 2. The molecule has 0 saturated heterocycles. The van der Waals surface area contributed by atoms with Gasteiger partial charge in [0.05, 0.1) is 16.8 Å². The summed E-state index contributed by atoms with van der Waals surface area (Å²) in [6.07, 6.45) is 2.66. The van der Waals surface area contributed by atoms with E-state index in [1.807, 2.05) is 30.3 Å². The van der Waals surface area contributed by atoms with E-state index in [1.165, 1.54) is 0 Å². The first-order valence-corrected chi connectivity index (χ1v) is 6.98. The largest absolute Gasteiger partial charge is 0.478 e. The summed E-state index contributed by atoms with van der Waals surface area (Å²) in [5.74, 6) is 0.840. The fourth-order valence-corrected chi connectivity index (χ4v) is 3.03. The Balaban J connectivity index is 2.20. The van der Waals surface area contributed by atoms with Crippen LogP contribution in [-0.2, 0) is 6.42 Å². The summed E-state index contributed by atoms with van der Waals surface area (Å²) in [6, 6.07) is 14.1. The first-order valence-electron chi connectivity index (χ1n) is 6.57. The van der Waals surface area contributed by atoms with Gasteiger partial charge in [-0.05, 0) is 24.3 Å². The minimum absolute atomic E-state index is 0.683. The molecule has 0 atom stereocenters. The third-order valence-electron chi connectivity index (χ3n) is 3.58. The number of para-hydroxylation sites is 1. The molecule has 1 aliphatic rings.